The molecular weight excluding hydrogens is 384 g/mol. The average molecular weight is 403 g/mol. The van der Waals surface area contributed by atoms with Gasteiger partial charge in [-0.05, 0) is 31.0 Å². The quantitative estimate of drug-likeness (QED) is 0.586. The molecule has 146 valence electrons. The molecule has 0 amide bonds. The lowest BCUT2D eigenvalue weighted by Gasteiger charge is -2.11. The van der Waals surface area contributed by atoms with Gasteiger partial charge in [0.05, 0.1) is 21.5 Å². The SMILES string of the molecule is Cc1nc(-c2ccccc2)c(COc2c(F)cc(CC(C)C(=O)O)cc2F)s1. The largest absolute Gasteiger partial charge is 0.482 e. The molecule has 0 aliphatic carbocycles. The Morgan fingerprint density at radius 2 is 1.86 bits per heavy atom. The van der Waals surface area contributed by atoms with Crippen LogP contribution in [0.25, 0.3) is 11.3 Å². The highest BCUT2D eigenvalue weighted by atomic mass is 32.1. The summed E-state index contributed by atoms with van der Waals surface area (Å²) in [7, 11) is 0. The summed E-state index contributed by atoms with van der Waals surface area (Å²) in [5.74, 6) is -3.93. The van der Waals surface area contributed by atoms with Crippen molar-refractivity contribution in [3.05, 3.63) is 69.5 Å². The number of aromatic nitrogens is 1. The molecule has 2 aromatic carbocycles. The molecule has 1 aromatic heterocycles. The van der Waals surface area contributed by atoms with E-state index >= 15 is 0 Å². The molecule has 0 saturated heterocycles. The second-order valence-electron chi connectivity index (χ2n) is 6.49. The van der Waals surface area contributed by atoms with E-state index in [0.29, 0.717) is 0 Å². The number of ether oxygens (including phenoxy) is 1. The van der Waals surface area contributed by atoms with Gasteiger partial charge in [-0.1, -0.05) is 37.3 Å². The van der Waals surface area contributed by atoms with E-state index in [1.807, 2.05) is 37.3 Å². The van der Waals surface area contributed by atoms with Crippen LogP contribution in [0.2, 0.25) is 0 Å². The second kappa shape index (κ2) is 8.48. The van der Waals surface area contributed by atoms with E-state index in [1.165, 1.54) is 18.3 Å². The van der Waals surface area contributed by atoms with E-state index in [-0.39, 0.29) is 18.6 Å². The number of benzene rings is 2. The van der Waals surface area contributed by atoms with Gasteiger partial charge in [-0.15, -0.1) is 11.3 Å². The van der Waals surface area contributed by atoms with Crippen molar-refractivity contribution in [3.8, 4) is 17.0 Å². The van der Waals surface area contributed by atoms with E-state index < -0.39 is 29.3 Å². The lowest BCUT2D eigenvalue weighted by molar-refractivity contribution is -0.141. The first-order chi connectivity index (χ1) is 13.3. The van der Waals surface area contributed by atoms with Gasteiger partial charge in [-0.3, -0.25) is 4.79 Å². The summed E-state index contributed by atoms with van der Waals surface area (Å²) in [4.78, 5) is 16.2. The minimum absolute atomic E-state index is 0.0194. The maximum Gasteiger partial charge on any atom is 0.306 e. The van der Waals surface area contributed by atoms with Crippen molar-refractivity contribution in [1.82, 2.24) is 4.98 Å². The fourth-order valence-corrected chi connectivity index (χ4v) is 3.71. The number of halogens is 2. The molecule has 0 aliphatic rings. The molecule has 1 unspecified atom stereocenters. The predicted octanol–water partition coefficient (Wildman–Crippen LogP) is 5.24. The lowest BCUT2D eigenvalue weighted by atomic mass is 10.0. The van der Waals surface area contributed by atoms with E-state index in [0.717, 1.165) is 33.3 Å². The molecule has 0 fully saturated rings. The van der Waals surface area contributed by atoms with Gasteiger partial charge < -0.3 is 9.84 Å². The molecule has 4 nitrogen and oxygen atoms in total. The van der Waals surface area contributed by atoms with Gasteiger partial charge in [0.25, 0.3) is 0 Å². The van der Waals surface area contributed by atoms with Gasteiger partial charge in [-0.2, -0.15) is 0 Å². The molecule has 28 heavy (non-hydrogen) atoms. The lowest BCUT2D eigenvalue weighted by Crippen LogP contribution is -2.12. The average Bonchev–Trinajstić information content (AvgIpc) is 3.02. The summed E-state index contributed by atoms with van der Waals surface area (Å²) < 4.78 is 34.2. The third-order valence-corrected chi connectivity index (χ3v) is 5.16. The van der Waals surface area contributed by atoms with Crippen LogP contribution in [0.15, 0.2) is 42.5 Å². The van der Waals surface area contributed by atoms with Crippen LogP contribution in [0.1, 0.15) is 22.4 Å². The van der Waals surface area contributed by atoms with Crippen molar-refractivity contribution in [1.29, 1.82) is 0 Å². The summed E-state index contributed by atoms with van der Waals surface area (Å²) in [6.07, 6.45) is 0.0373. The van der Waals surface area contributed by atoms with Crippen LogP contribution in [0.5, 0.6) is 5.75 Å². The van der Waals surface area contributed by atoms with E-state index in [9.17, 15) is 13.6 Å². The van der Waals surface area contributed by atoms with Crippen LogP contribution in [0.3, 0.4) is 0 Å². The first kappa shape index (κ1) is 19.9. The van der Waals surface area contributed by atoms with Crippen molar-refractivity contribution in [2.24, 2.45) is 5.92 Å². The zero-order valence-corrected chi connectivity index (χ0v) is 16.2. The number of hydrogen-bond acceptors (Lipinski definition) is 4. The van der Waals surface area contributed by atoms with Crippen LogP contribution in [-0.4, -0.2) is 16.1 Å². The molecule has 3 aromatic rings. The minimum Gasteiger partial charge on any atom is -0.482 e. The summed E-state index contributed by atoms with van der Waals surface area (Å²) in [5.41, 5.74) is 1.91. The topological polar surface area (TPSA) is 59.4 Å². The van der Waals surface area contributed by atoms with Crippen molar-refractivity contribution in [3.63, 3.8) is 0 Å². The van der Waals surface area contributed by atoms with E-state index in [4.69, 9.17) is 9.84 Å². The molecule has 0 spiro atoms. The Kier molecular flexibility index (Phi) is 6.04. The van der Waals surface area contributed by atoms with Gasteiger partial charge in [0.1, 0.15) is 6.61 Å². The summed E-state index contributed by atoms with van der Waals surface area (Å²) in [6.45, 7) is 3.33. The molecule has 0 radical (unpaired) electrons. The van der Waals surface area contributed by atoms with Crippen LogP contribution in [0.4, 0.5) is 8.78 Å². The zero-order valence-electron chi connectivity index (χ0n) is 15.4. The Bertz CT molecular complexity index is 966. The van der Waals surface area contributed by atoms with Crippen molar-refractivity contribution in [2.45, 2.75) is 26.9 Å². The Morgan fingerprint density at radius 1 is 1.21 bits per heavy atom. The summed E-state index contributed by atoms with van der Waals surface area (Å²) >= 11 is 1.41. The van der Waals surface area contributed by atoms with Crippen molar-refractivity contribution >= 4 is 17.3 Å². The molecule has 0 bridgehead atoms. The second-order valence-corrected chi connectivity index (χ2v) is 7.78. The first-order valence-corrected chi connectivity index (χ1v) is 9.52. The normalized spacial score (nSPS) is 12.0. The number of aliphatic carboxylic acids is 1. The van der Waals surface area contributed by atoms with Gasteiger partial charge in [0.15, 0.2) is 17.4 Å². The van der Waals surface area contributed by atoms with Crippen LogP contribution >= 0.6 is 11.3 Å². The van der Waals surface area contributed by atoms with Crippen molar-refractivity contribution in [2.75, 3.05) is 0 Å². The molecule has 0 aliphatic heterocycles. The number of nitrogens with zero attached hydrogens (tertiary/aromatic N) is 1. The maximum absolute atomic E-state index is 14.4. The highest BCUT2D eigenvalue weighted by molar-refractivity contribution is 7.12. The van der Waals surface area contributed by atoms with Crippen LogP contribution in [0, 0.1) is 24.5 Å². The van der Waals surface area contributed by atoms with Gasteiger partial charge in [0.2, 0.25) is 0 Å². The number of thiazole rings is 1. The molecule has 1 atom stereocenters. The van der Waals surface area contributed by atoms with Crippen LogP contribution in [-0.2, 0) is 17.8 Å². The number of carboxylic acid groups (broad SMARTS) is 1. The molecule has 0 saturated carbocycles. The Labute approximate surface area is 165 Å². The molecular formula is C21H19F2NO3S. The first-order valence-electron chi connectivity index (χ1n) is 8.70. The van der Waals surface area contributed by atoms with E-state index in [2.05, 4.69) is 4.98 Å². The Morgan fingerprint density at radius 3 is 2.46 bits per heavy atom. The molecule has 7 heteroatoms. The van der Waals surface area contributed by atoms with Gasteiger partial charge in [0, 0.05) is 5.56 Å². The van der Waals surface area contributed by atoms with Crippen LogP contribution < -0.4 is 4.74 Å². The van der Waals surface area contributed by atoms with Crippen molar-refractivity contribution < 1.29 is 23.4 Å². The Hall–Kier alpha value is -2.80. The monoisotopic (exact) mass is 403 g/mol. The fraction of sp³-hybridized carbons (Fsp3) is 0.238. The molecule has 3 rings (SSSR count). The predicted molar refractivity (Wildman–Crippen MR) is 103 cm³/mol. The van der Waals surface area contributed by atoms with Gasteiger partial charge in [-0.25, -0.2) is 13.8 Å². The molecule has 1 N–H and O–H groups in total. The smallest absolute Gasteiger partial charge is 0.306 e. The third kappa shape index (κ3) is 4.54. The number of carboxylic acids is 1. The Balaban J connectivity index is 1.80. The van der Waals surface area contributed by atoms with E-state index in [1.54, 1.807) is 0 Å². The number of hydrogen-bond donors (Lipinski definition) is 1. The summed E-state index contributed by atoms with van der Waals surface area (Å²) in [5, 5.41) is 9.78. The highest BCUT2D eigenvalue weighted by Gasteiger charge is 2.18. The fourth-order valence-electron chi connectivity index (χ4n) is 2.84. The maximum atomic E-state index is 14.4. The molecule has 1 heterocycles. The number of carbonyl (C=O) groups is 1. The highest BCUT2D eigenvalue weighted by Crippen LogP contribution is 2.31. The standard InChI is InChI=1S/C21H19F2NO3S/c1-12(21(25)26)8-14-9-16(22)20(17(23)10-14)27-11-18-19(24-13(2)28-18)15-6-4-3-5-7-15/h3-7,9-10,12H,8,11H2,1-2H3,(H,25,26). The number of aryl methyl sites for hydroxylation is 1. The third-order valence-electron chi connectivity index (χ3n) is 4.22. The number of rotatable bonds is 7. The van der Waals surface area contributed by atoms with Gasteiger partial charge >= 0.3 is 5.97 Å². The zero-order chi connectivity index (χ0) is 20.3. The minimum atomic E-state index is -1.02. The summed E-state index contributed by atoms with van der Waals surface area (Å²) in [6, 6.07) is 11.8.